The molecule has 0 atom stereocenters. The third-order valence-corrected chi connectivity index (χ3v) is 5.04. The van der Waals surface area contributed by atoms with E-state index in [2.05, 4.69) is 58.9 Å². The molecule has 0 spiro atoms. The normalized spacial score (nSPS) is 11.7. The summed E-state index contributed by atoms with van der Waals surface area (Å²) in [7, 11) is 3.49. The molecule has 0 amide bonds. The quantitative estimate of drug-likeness (QED) is 0.586. The van der Waals surface area contributed by atoms with Crippen LogP contribution in [0.4, 0.5) is 0 Å². The molecule has 0 aliphatic heterocycles. The van der Waals surface area contributed by atoms with Gasteiger partial charge in [0.2, 0.25) is 0 Å². The first-order valence-electron chi connectivity index (χ1n) is 8.55. The van der Waals surface area contributed by atoms with Crippen LogP contribution in [-0.2, 0) is 13.0 Å². The third-order valence-electron chi connectivity index (χ3n) is 3.85. The van der Waals surface area contributed by atoms with E-state index in [1.165, 1.54) is 16.1 Å². The highest BCUT2D eigenvalue weighted by molar-refractivity contribution is 7.09. The van der Waals surface area contributed by atoms with Crippen molar-refractivity contribution in [3.8, 4) is 5.75 Å². The van der Waals surface area contributed by atoms with Gasteiger partial charge in [-0.1, -0.05) is 31.5 Å². The largest absolute Gasteiger partial charge is 0.496 e. The van der Waals surface area contributed by atoms with Crippen molar-refractivity contribution < 1.29 is 4.74 Å². The number of aryl methyl sites for hydroxylation is 1. The SMILES string of the molecule is CN=C(NCCc1cc(C)ccc1OC)NCc1csc(C(C)C)n1. The van der Waals surface area contributed by atoms with Crippen LogP contribution in [0.3, 0.4) is 0 Å². The molecule has 0 radical (unpaired) electrons. The van der Waals surface area contributed by atoms with Gasteiger partial charge in [0.05, 0.1) is 24.4 Å². The first-order chi connectivity index (χ1) is 12.0. The van der Waals surface area contributed by atoms with E-state index in [0.29, 0.717) is 12.5 Å². The van der Waals surface area contributed by atoms with Gasteiger partial charge in [-0.05, 0) is 25.0 Å². The molecule has 0 aliphatic carbocycles. The van der Waals surface area contributed by atoms with Gasteiger partial charge in [-0.2, -0.15) is 0 Å². The van der Waals surface area contributed by atoms with Gasteiger partial charge in [0.25, 0.3) is 0 Å². The molecule has 0 fully saturated rings. The number of methoxy groups -OCH3 is 1. The summed E-state index contributed by atoms with van der Waals surface area (Å²) in [5, 5.41) is 9.94. The average molecular weight is 361 g/mol. The van der Waals surface area contributed by atoms with Gasteiger partial charge in [-0.3, -0.25) is 4.99 Å². The Hall–Kier alpha value is -2.08. The second-order valence-electron chi connectivity index (χ2n) is 6.25. The van der Waals surface area contributed by atoms with Gasteiger partial charge in [-0.15, -0.1) is 11.3 Å². The summed E-state index contributed by atoms with van der Waals surface area (Å²) in [4.78, 5) is 8.91. The van der Waals surface area contributed by atoms with Gasteiger partial charge in [-0.25, -0.2) is 4.98 Å². The van der Waals surface area contributed by atoms with E-state index in [9.17, 15) is 0 Å². The van der Waals surface area contributed by atoms with E-state index < -0.39 is 0 Å². The minimum absolute atomic E-state index is 0.473. The maximum atomic E-state index is 5.43. The number of nitrogens with zero attached hydrogens (tertiary/aromatic N) is 2. The van der Waals surface area contributed by atoms with E-state index in [1.807, 2.05) is 6.07 Å². The molecule has 0 saturated heterocycles. The van der Waals surface area contributed by atoms with Gasteiger partial charge in [0.1, 0.15) is 5.75 Å². The number of rotatable bonds is 7. The summed E-state index contributed by atoms with van der Waals surface area (Å²) in [6, 6.07) is 6.25. The summed E-state index contributed by atoms with van der Waals surface area (Å²) in [6.45, 7) is 7.88. The van der Waals surface area contributed by atoms with Gasteiger partial charge >= 0.3 is 0 Å². The predicted octanol–water partition coefficient (Wildman–Crippen LogP) is 3.49. The van der Waals surface area contributed by atoms with E-state index >= 15 is 0 Å². The number of nitrogens with one attached hydrogen (secondary N) is 2. The molecule has 2 rings (SSSR count). The minimum Gasteiger partial charge on any atom is -0.496 e. The van der Waals surface area contributed by atoms with Gasteiger partial charge in [0.15, 0.2) is 5.96 Å². The van der Waals surface area contributed by atoms with Crippen LogP contribution in [-0.4, -0.2) is 31.6 Å². The van der Waals surface area contributed by atoms with Crippen molar-refractivity contribution in [2.75, 3.05) is 20.7 Å². The molecule has 0 bridgehead atoms. The second-order valence-corrected chi connectivity index (χ2v) is 7.14. The molecule has 1 aromatic carbocycles. The first-order valence-corrected chi connectivity index (χ1v) is 9.43. The van der Waals surface area contributed by atoms with Crippen molar-refractivity contribution in [3.05, 3.63) is 45.4 Å². The lowest BCUT2D eigenvalue weighted by atomic mass is 10.1. The van der Waals surface area contributed by atoms with Crippen LogP contribution in [0.15, 0.2) is 28.6 Å². The monoisotopic (exact) mass is 360 g/mol. The Morgan fingerprint density at radius 2 is 2.12 bits per heavy atom. The topological polar surface area (TPSA) is 58.5 Å². The van der Waals surface area contributed by atoms with E-state index in [0.717, 1.165) is 30.4 Å². The molecule has 1 heterocycles. The van der Waals surface area contributed by atoms with Crippen molar-refractivity contribution in [2.24, 2.45) is 4.99 Å². The molecule has 2 aromatic rings. The lowest BCUT2D eigenvalue weighted by molar-refractivity contribution is 0.409. The smallest absolute Gasteiger partial charge is 0.191 e. The standard InChI is InChI=1S/C19H28N4OS/c1-13(2)18-23-16(12-25-18)11-22-19(20-4)21-9-8-15-10-14(3)6-7-17(15)24-5/h6-7,10,12-13H,8-9,11H2,1-5H3,(H2,20,21,22). The first kappa shape index (κ1) is 19.2. The molecule has 25 heavy (non-hydrogen) atoms. The predicted molar refractivity (Wildman–Crippen MR) is 106 cm³/mol. The minimum atomic E-state index is 0.473. The summed E-state index contributed by atoms with van der Waals surface area (Å²) in [6.07, 6.45) is 0.875. The zero-order chi connectivity index (χ0) is 18.2. The van der Waals surface area contributed by atoms with Crippen LogP contribution in [0.5, 0.6) is 5.75 Å². The fourth-order valence-electron chi connectivity index (χ4n) is 2.48. The Morgan fingerprint density at radius 1 is 1.32 bits per heavy atom. The Balaban J connectivity index is 1.83. The van der Waals surface area contributed by atoms with Crippen LogP contribution in [0, 0.1) is 6.92 Å². The van der Waals surface area contributed by atoms with Crippen LogP contribution in [0.25, 0.3) is 0 Å². The number of guanidine groups is 1. The molecule has 0 saturated carbocycles. The third kappa shape index (κ3) is 5.74. The van der Waals surface area contributed by atoms with Crippen molar-refractivity contribution in [1.29, 1.82) is 0 Å². The number of ether oxygens (including phenoxy) is 1. The zero-order valence-corrected chi connectivity index (χ0v) is 16.5. The van der Waals surface area contributed by atoms with E-state index in [-0.39, 0.29) is 0 Å². The molecular formula is C19H28N4OS. The number of aliphatic imine (C=N–C) groups is 1. The summed E-state index contributed by atoms with van der Waals surface area (Å²) in [5.41, 5.74) is 3.49. The van der Waals surface area contributed by atoms with Gasteiger partial charge < -0.3 is 15.4 Å². The van der Waals surface area contributed by atoms with E-state index in [4.69, 9.17) is 4.74 Å². The molecule has 6 heteroatoms. The molecule has 136 valence electrons. The Kier molecular flexibility index (Phi) is 7.25. The fourth-order valence-corrected chi connectivity index (χ4v) is 3.32. The maximum Gasteiger partial charge on any atom is 0.191 e. The zero-order valence-electron chi connectivity index (χ0n) is 15.7. The van der Waals surface area contributed by atoms with Crippen LogP contribution >= 0.6 is 11.3 Å². The molecular weight excluding hydrogens is 332 g/mol. The molecule has 0 aliphatic rings. The summed E-state index contributed by atoms with van der Waals surface area (Å²) in [5.74, 6) is 2.19. The number of thiazole rings is 1. The average Bonchev–Trinajstić information content (AvgIpc) is 3.07. The fraction of sp³-hybridized carbons (Fsp3) is 0.474. The highest BCUT2D eigenvalue weighted by Gasteiger charge is 2.07. The molecule has 5 nitrogen and oxygen atoms in total. The highest BCUT2D eigenvalue weighted by Crippen LogP contribution is 2.20. The molecule has 1 aromatic heterocycles. The molecule has 2 N–H and O–H groups in total. The lowest BCUT2D eigenvalue weighted by Gasteiger charge is -2.13. The maximum absolute atomic E-state index is 5.43. The Morgan fingerprint density at radius 3 is 2.76 bits per heavy atom. The van der Waals surface area contributed by atoms with Crippen molar-refractivity contribution in [2.45, 2.75) is 39.7 Å². The number of hydrogen-bond acceptors (Lipinski definition) is 4. The van der Waals surface area contributed by atoms with Crippen molar-refractivity contribution >= 4 is 17.3 Å². The second kappa shape index (κ2) is 9.42. The summed E-state index contributed by atoms with van der Waals surface area (Å²) < 4.78 is 5.43. The number of benzene rings is 1. The van der Waals surface area contributed by atoms with Crippen molar-refractivity contribution in [3.63, 3.8) is 0 Å². The highest BCUT2D eigenvalue weighted by atomic mass is 32.1. The van der Waals surface area contributed by atoms with Crippen molar-refractivity contribution in [1.82, 2.24) is 15.6 Å². The lowest BCUT2D eigenvalue weighted by Crippen LogP contribution is -2.38. The summed E-state index contributed by atoms with van der Waals surface area (Å²) >= 11 is 1.71. The Bertz CT molecular complexity index is 709. The van der Waals surface area contributed by atoms with Crippen LogP contribution < -0.4 is 15.4 Å². The molecule has 0 unspecified atom stereocenters. The number of aromatic nitrogens is 1. The number of hydrogen-bond donors (Lipinski definition) is 2. The Labute approximate surface area is 154 Å². The van der Waals surface area contributed by atoms with Gasteiger partial charge in [0, 0.05) is 24.9 Å². The van der Waals surface area contributed by atoms with Crippen LogP contribution in [0.2, 0.25) is 0 Å². The van der Waals surface area contributed by atoms with Crippen LogP contribution in [0.1, 0.15) is 41.6 Å². The van der Waals surface area contributed by atoms with E-state index in [1.54, 1.807) is 25.5 Å².